The third-order valence-corrected chi connectivity index (χ3v) is 8.23. The van der Waals surface area contributed by atoms with Gasteiger partial charge in [-0.25, -0.2) is 13.4 Å². The number of hydrogen-bond donors (Lipinski definition) is 0. The Balaban J connectivity index is 1.62. The van der Waals surface area contributed by atoms with Crippen molar-refractivity contribution < 1.29 is 30.4 Å². The first-order valence-corrected chi connectivity index (χ1v) is 13.0. The summed E-state index contributed by atoms with van der Waals surface area (Å²) in [6.07, 6.45) is -3.25. The molecule has 0 atom stereocenters. The monoisotopic (exact) mass is 564 g/mol. The van der Waals surface area contributed by atoms with Crippen molar-refractivity contribution in [2.24, 2.45) is 7.05 Å². The molecule has 1 fully saturated rings. The molecule has 0 radical (unpaired) electrons. The van der Waals surface area contributed by atoms with E-state index in [1.807, 2.05) is 0 Å². The normalized spacial score (nSPS) is 15.3. The maximum absolute atomic E-state index is 13.8. The summed E-state index contributed by atoms with van der Waals surface area (Å²) in [5.74, 6) is -5.74. The lowest BCUT2D eigenvalue weighted by atomic mass is 10.0. The van der Waals surface area contributed by atoms with E-state index in [1.165, 1.54) is 30.8 Å². The number of halogens is 5. The topological polar surface area (TPSA) is 140 Å². The van der Waals surface area contributed by atoms with Gasteiger partial charge in [0, 0.05) is 18.8 Å². The Morgan fingerprint density at radius 3 is 2.36 bits per heavy atom. The molecule has 4 heterocycles. The highest BCUT2D eigenvalue weighted by molar-refractivity contribution is 7.91. The van der Waals surface area contributed by atoms with Crippen molar-refractivity contribution >= 4 is 21.0 Å². The molecule has 1 aliphatic rings. The molecule has 0 bridgehead atoms. The Labute approximate surface area is 217 Å². The molecule has 0 N–H and O–H groups in total. The number of rotatable bonds is 6. The molecule has 10 nitrogen and oxygen atoms in total. The number of sulfone groups is 1. The van der Waals surface area contributed by atoms with Crippen LogP contribution in [0.15, 0.2) is 35.4 Å². The van der Waals surface area contributed by atoms with Gasteiger partial charge in [-0.2, -0.15) is 37.4 Å². The molecule has 5 rings (SSSR count). The minimum atomic E-state index is -5.90. The number of alkyl halides is 5. The Morgan fingerprint density at radius 1 is 1.08 bits per heavy atom. The van der Waals surface area contributed by atoms with E-state index in [1.54, 1.807) is 12.1 Å². The minimum absolute atomic E-state index is 0.142. The summed E-state index contributed by atoms with van der Waals surface area (Å²) in [6, 6.07) is 7.19. The summed E-state index contributed by atoms with van der Waals surface area (Å²) in [7, 11) is -2.58. The highest BCUT2D eigenvalue weighted by atomic mass is 32.2. The van der Waals surface area contributed by atoms with Crippen LogP contribution in [-0.2, 0) is 28.2 Å². The standard InChI is InChI=1S/C23H17F5N8O2S/c1-3-39(37,38)15-8-12(13-4-5-16(33-32-13)21(11-29)6-7-21)10-30-18(15)20-31-14-9-17(22(24,25)23(26,27)28)34-35-19(14)36(20)2/h4-5,8-10H,3,6-7H2,1-2H3. The second-order valence-corrected chi connectivity index (χ2v) is 11.2. The summed E-state index contributed by atoms with van der Waals surface area (Å²) in [4.78, 5) is 8.06. The van der Waals surface area contributed by atoms with E-state index >= 15 is 0 Å². The Morgan fingerprint density at radius 2 is 1.79 bits per heavy atom. The largest absolute Gasteiger partial charge is 0.459 e. The quantitative estimate of drug-likeness (QED) is 0.319. The van der Waals surface area contributed by atoms with Crippen LogP contribution < -0.4 is 0 Å². The van der Waals surface area contributed by atoms with E-state index in [2.05, 4.69) is 36.4 Å². The van der Waals surface area contributed by atoms with Gasteiger partial charge in [0.2, 0.25) is 0 Å². The molecule has 0 saturated heterocycles. The fourth-order valence-corrected chi connectivity index (χ4v) is 4.99. The molecule has 1 saturated carbocycles. The van der Waals surface area contributed by atoms with Crippen molar-refractivity contribution in [2.75, 3.05) is 5.75 Å². The van der Waals surface area contributed by atoms with Crippen LogP contribution in [0.25, 0.3) is 33.9 Å². The van der Waals surface area contributed by atoms with Crippen molar-refractivity contribution in [1.82, 2.24) is 34.9 Å². The molecule has 0 spiro atoms. The van der Waals surface area contributed by atoms with Gasteiger partial charge in [-0.15, -0.1) is 10.2 Å². The Kier molecular flexibility index (Phi) is 5.90. The van der Waals surface area contributed by atoms with Gasteiger partial charge < -0.3 is 4.57 Å². The predicted molar refractivity (Wildman–Crippen MR) is 125 cm³/mol. The van der Waals surface area contributed by atoms with Crippen LogP contribution in [0.3, 0.4) is 0 Å². The molecular weight excluding hydrogens is 547 g/mol. The molecule has 39 heavy (non-hydrogen) atoms. The fraction of sp³-hybridized carbons (Fsp3) is 0.348. The Hall–Kier alpha value is -4.13. The molecule has 4 aromatic rings. The van der Waals surface area contributed by atoms with E-state index < -0.39 is 33.0 Å². The average molecular weight is 564 g/mol. The lowest BCUT2D eigenvalue weighted by molar-refractivity contribution is -0.291. The zero-order valence-corrected chi connectivity index (χ0v) is 21.0. The first-order valence-electron chi connectivity index (χ1n) is 11.4. The van der Waals surface area contributed by atoms with Gasteiger partial charge in [0.1, 0.15) is 22.3 Å². The number of aryl methyl sites for hydroxylation is 1. The first-order chi connectivity index (χ1) is 18.2. The zero-order valence-electron chi connectivity index (χ0n) is 20.2. The third-order valence-electron chi connectivity index (χ3n) is 6.49. The van der Waals surface area contributed by atoms with E-state index in [9.17, 15) is 35.6 Å². The lowest BCUT2D eigenvalue weighted by Crippen LogP contribution is -2.34. The summed E-state index contributed by atoms with van der Waals surface area (Å²) in [6.45, 7) is 1.41. The number of pyridine rings is 1. The molecule has 202 valence electrons. The van der Waals surface area contributed by atoms with E-state index in [-0.39, 0.29) is 44.6 Å². The second-order valence-electron chi connectivity index (χ2n) is 8.98. The smallest absolute Gasteiger partial charge is 0.309 e. The number of nitriles is 1. The Bertz CT molecular complexity index is 1760. The van der Waals surface area contributed by atoms with Crippen molar-refractivity contribution in [3.05, 3.63) is 41.9 Å². The van der Waals surface area contributed by atoms with Crippen LogP contribution in [0.1, 0.15) is 31.2 Å². The van der Waals surface area contributed by atoms with Crippen LogP contribution in [-0.4, -0.2) is 55.3 Å². The van der Waals surface area contributed by atoms with Crippen LogP contribution in [0.4, 0.5) is 22.0 Å². The van der Waals surface area contributed by atoms with Crippen molar-refractivity contribution in [1.29, 1.82) is 5.26 Å². The van der Waals surface area contributed by atoms with Crippen LogP contribution in [0.2, 0.25) is 0 Å². The number of aromatic nitrogens is 7. The van der Waals surface area contributed by atoms with Crippen molar-refractivity contribution in [3.8, 4) is 28.8 Å². The third kappa shape index (κ3) is 4.26. The molecule has 0 aliphatic heterocycles. The van der Waals surface area contributed by atoms with Crippen molar-refractivity contribution in [2.45, 2.75) is 42.2 Å². The van der Waals surface area contributed by atoms with Crippen molar-refractivity contribution in [3.63, 3.8) is 0 Å². The zero-order chi connectivity index (χ0) is 28.4. The number of imidazole rings is 1. The highest BCUT2D eigenvalue weighted by Gasteiger charge is 2.60. The minimum Gasteiger partial charge on any atom is -0.309 e. The van der Waals surface area contributed by atoms with Gasteiger partial charge in [-0.3, -0.25) is 4.98 Å². The summed E-state index contributed by atoms with van der Waals surface area (Å²) in [5.41, 5.74) is -1.91. The predicted octanol–water partition coefficient (Wildman–Crippen LogP) is 3.89. The second kappa shape index (κ2) is 8.70. The molecule has 1 aliphatic carbocycles. The van der Waals surface area contributed by atoms with Gasteiger partial charge in [0.15, 0.2) is 21.3 Å². The molecule has 0 unspecified atom stereocenters. The molecule has 0 amide bonds. The van der Waals surface area contributed by atoms with Gasteiger partial charge in [0.05, 0.1) is 28.1 Å². The summed E-state index contributed by atoms with van der Waals surface area (Å²) < 4.78 is 93.4. The number of nitrogens with zero attached hydrogens (tertiary/aromatic N) is 8. The molecular formula is C23H17F5N8O2S. The summed E-state index contributed by atoms with van der Waals surface area (Å²) in [5, 5.41) is 24.1. The van der Waals surface area contributed by atoms with Gasteiger partial charge in [-0.05, 0) is 37.1 Å². The molecule has 0 aromatic carbocycles. The molecule has 16 heteroatoms. The fourth-order valence-electron chi connectivity index (χ4n) is 3.93. The highest BCUT2D eigenvalue weighted by Crippen LogP contribution is 2.46. The van der Waals surface area contributed by atoms with E-state index in [0.29, 0.717) is 24.6 Å². The average Bonchev–Trinajstić information content (AvgIpc) is 3.65. The van der Waals surface area contributed by atoms with Crippen LogP contribution in [0, 0.1) is 11.3 Å². The SMILES string of the molecule is CCS(=O)(=O)c1cc(-c2ccc(C3(C#N)CC3)nn2)cnc1-c1nc2cc(C(F)(F)C(F)(F)F)nnc2n1C. The lowest BCUT2D eigenvalue weighted by Gasteiger charge is -2.17. The van der Waals surface area contributed by atoms with Gasteiger partial charge in [-0.1, -0.05) is 6.92 Å². The molecule has 4 aromatic heterocycles. The first kappa shape index (κ1) is 26.5. The maximum Gasteiger partial charge on any atom is 0.459 e. The van der Waals surface area contributed by atoms with Crippen LogP contribution >= 0.6 is 0 Å². The van der Waals surface area contributed by atoms with Gasteiger partial charge >= 0.3 is 12.1 Å². The van der Waals surface area contributed by atoms with Crippen LogP contribution in [0.5, 0.6) is 0 Å². The maximum atomic E-state index is 13.8. The number of fused-ring (bicyclic) bond motifs is 1. The summed E-state index contributed by atoms with van der Waals surface area (Å²) >= 11 is 0. The van der Waals surface area contributed by atoms with Gasteiger partial charge in [0.25, 0.3) is 0 Å². The number of hydrogen-bond acceptors (Lipinski definition) is 9. The van der Waals surface area contributed by atoms with E-state index in [0.717, 1.165) is 0 Å². The van der Waals surface area contributed by atoms with E-state index in [4.69, 9.17) is 0 Å².